The number of amides is 1. The van der Waals surface area contributed by atoms with Gasteiger partial charge < -0.3 is 15.0 Å². The molecule has 1 fully saturated rings. The van der Waals surface area contributed by atoms with Gasteiger partial charge >= 0.3 is 6.18 Å². The van der Waals surface area contributed by atoms with Gasteiger partial charge in [0.05, 0.1) is 23.8 Å². The number of hydrogen-bond donors (Lipinski definition) is 1. The first-order valence-corrected chi connectivity index (χ1v) is 8.19. The van der Waals surface area contributed by atoms with Crippen LogP contribution in [0.3, 0.4) is 0 Å². The Labute approximate surface area is 152 Å². The molecule has 0 aliphatic carbocycles. The van der Waals surface area contributed by atoms with Crippen LogP contribution in [-0.4, -0.2) is 37.2 Å². The molecule has 1 amide bonds. The lowest BCUT2D eigenvalue weighted by atomic mass is 10.2. The fraction of sp³-hybridized carbons (Fsp3) is 0.294. The van der Waals surface area contributed by atoms with Crippen molar-refractivity contribution in [2.75, 3.05) is 36.5 Å². The maximum Gasteiger partial charge on any atom is 0.417 e. The fourth-order valence-corrected chi connectivity index (χ4v) is 2.80. The summed E-state index contributed by atoms with van der Waals surface area (Å²) in [5, 5.41) is 2.00. The van der Waals surface area contributed by atoms with E-state index >= 15 is 0 Å². The standard InChI is InChI=1S/C17H15ClF3N3O2/c18-14-2-1-11(9-13(14)17(19,20)21)23-16(25)15-10-12(3-4-22-15)24-5-7-26-8-6-24/h1-4,9-10H,5-8H2,(H,23,25). The molecule has 1 aliphatic heterocycles. The van der Waals surface area contributed by atoms with Crippen LogP contribution in [0.2, 0.25) is 5.02 Å². The molecule has 0 spiro atoms. The molecule has 0 unspecified atom stereocenters. The Morgan fingerprint density at radius 2 is 1.92 bits per heavy atom. The summed E-state index contributed by atoms with van der Waals surface area (Å²) in [4.78, 5) is 18.4. The molecule has 0 bridgehead atoms. The van der Waals surface area contributed by atoms with Gasteiger partial charge in [-0.15, -0.1) is 0 Å². The summed E-state index contributed by atoms with van der Waals surface area (Å²) >= 11 is 5.58. The highest BCUT2D eigenvalue weighted by Crippen LogP contribution is 2.36. The van der Waals surface area contributed by atoms with Gasteiger partial charge in [0.15, 0.2) is 0 Å². The summed E-state index contributed by atoms with van der Waals surface area (Å²) in [7, 11) is 0. The van der Waals surface area contributed by atoms with Crippen LogP contribution in [0.15, 0.2) is 36.5 Å². The van der Waals surface area contributed by atoms with Crippen LogP contribution in [0.25, 0.3) is 0 Å². The third-order valence-electron chi connectivity index (χ3n) is 3.88. The number of carbonyl (C=O) groups excluding carboxylic acids is 1. The van der Waals surface area contributed by atoms with Crippen molar-refractivity contribution in [3.8, 4) is 0 Å². The Bertz CT molecular complexity index is 808. The molecule has 0 saturated carbocycles. The zero-order valence-electron chi connectivity index (χ0n) is 13.5. The van der Waals surface area contributed by atoms with Gasteiger partial charge in [-0.2, -0.15) is 13.2 Å². The Hall–Kier alpha value is -2.32. The lowest BCUT2D eigenvalue weighted by Gasteiger charge is -2.28. The van der Waals surface area contributed by atoms with E-state index in [-0.39, 0.29) is 11.4 Å². The number of nitrogens with one attached hydrogen (secondary N) is 1. The molecule has 2 aromatic rings. The van der Waals surface area contributed by atoms with E-state index < -0.39 is 22.7 Å². The van der Waals surface area contributed by atoms with Crippen LogP contribution >= 0.6 is 11.6 Å². The summed E-state index contributed by atoms with van der Waals surface area (Å²) in [5.74, 6) is -0.601. The first kappa shape index (κ1) is 18.5. The summed E-state index contributed by atoms with van der Waals surface area (Å²) in [6, 6.07) is 6.57. The Balaban J connectivity index is 1.78. The lowest BCUT2D eigenvalue weighted by molar-refractivity contribution is -0.137. The number of morpholine rings is 1. The maximum absolute atomic E-state index is 12.9. The van der Waals surface area contributed by atoms with Crippen molar-refractivity contribution < 1.29 is 22.7 Å². The second kappa shape index (κ2) is 7.51. The van der Waals surface area contributed by atoms with Crippen molar-refractivity contribution >= 4 is 28.9 Å². The van der Waals surface area contributed by atoms with Crippen LogP contribution in [0.4, 0.5) is 24.5 Å². The average molecular weight is 386 g/mol. The zero-order chi connectivity index (χ0) is 18.7. The molecular formula is C17H15ClF3N3O2. The van der Waals surface area contributed by atoms with E-state index in [0.717, 1.165) is 17.8 Å². The Morgan fingerprint density at radius 1 is 1.19 bits per heavy atom. The first-order chi connectivity index (χ1) is 12.3. The van der Waals surface area contributed by atoms with Crippen LogP contribution in [0.5, 0.6) is 0 Å². The van der Waals surface area contributed by atoms with Gasteiger partial charge in [0, 0.05) is 30.7 Å². The van der Waals surface area contributed by atoms with E-state index in [2.05, 4.69) is 10.3 Å². The molecule has 9 heteroatoms. The quantitative estimate of drug-likeness (QED) is 0.872. The minimum atomic E-state index is -4.60. The summed E-state index contributed by atoms with van der Waals surface area (Å²) in [6.45, 7) is 2.57. The smallest absolute Gasteiger partial charge is 0.378 e. The summed E-state index contributed by atoms with van der Waals surface area (Å²) in [6.07, 6.45) is -3.12. The molecule has 1 N–H and O–H groups in total. The van der Waals surface area contributed by atoms with Crippen LogP contribution in [0, 0.1) is 0 Å². The number of pyridine rings is 1. The molecule has 5 nitrogen and oxygen atoms in total. The second-order valence-electron chi connectivity index (χ2n) is 5.65. The van der Waals surface area contributed by atoms with Crippen LogP contribution < -0.4 is 10.2 Å². The third-order valence-corrected chi connectivity index (χ3v) is 4.21. The highest BCUT2D eigenvalue weighted by Gasteiger charge is 2.33. The number of anilines is 2. The summed E-state index contributed by atoms with van der Waals surface area (Å²) < 4.78 is 44.1. The van der Waals surface area contributed by atoms with Gasteiger partial charge in [-0.1, -0.05) is 11.6 Å². The van der Waals surface area contributed by atoms with E-state index in [1.807, 2.05) is 4.90 Å². The van der Waals surface area contributed by atoms with Gasteiger partial charge in [-0.3, -0.25) is 9.78 Å². The van der Waals surface area contributed by atoms with E-state index in [4.69, 9.17) is 16.3 Å². The number of ether oxygens (including phenoxy) is 1. The maximum atomic E-state index is 12.9. The van der Waals surface area contributed by atoms with Gasteiger partial charge in [0.25, 0.3) is 5.91 Å². The predicted octanol–water partition coefficient (Wildman–Crippen LogP) is 3.84. The second-order valence-corrected chi connectivity index (χ2v) is 6.05. The van der Waals surface area contributed by atoms with Gasteiger partial charge in [-0.05, 0) is 30.3 Å². The molecule has 26 heavy (non-hydrogen) atoms. The molecule has 0 atom stereocenters. The van der Waals surface area contributed by atoms with E-state index in [1.54, 1.807) is 12.1 Å². The molecule has 1 aliphatic rings. The van der Waals surface area contributed by atoms with Crippen molar-refractivity contribution in [3.63, 3.8) is 0 Å². The Kier molecular flexibility index (Phi) is 5.33. The van der Waals surface area contributed by atoms with E-state index in [0.29, 0.717) is 26.3 Å². The van der Waals surface area contributed by atoms with Crippen molar-refractivity contribution in [2.45, 2.75) is 6.18 Å². The molecular weight excluding hydrogens is 371 g/mol. The van der Waals surface area contributed by atoms with Crippen LogP contribution in [-0.2, 0) is 10.9 Å². The SMILES string of the molecule is O=C(Nc1ccc(Cl)c(C(F)(F)F)c1)c1cc(N2CCOCC2)ccn1. The number of hydrogen-bond acceptors (Lipinski definition) is 4. The topological polar surface area (TPSA) is 54.5 Å². The highest BCUT2D eigenvalue weighted by molar-refractivity contribution is 6.31. The van der Waals surface area contributed by atoms with Crippen molar-refractivity contribution in [3.05, 3.63) is 52.8 Å². The van der Waals surface area contributed by atoms with E-state index in [9.17, 15) is 18.0 Å². The predicted molar refractivity (Wildman–Crippen MR) is 91.7 cm³/mol. The third kappa shape index (κ3) is 4.25. The fourth-order valence-electron chi connectivity index (χ4n) is 2.58. The van der Waals surface area contributed by atoms with Crippen LogP contribution in [0.1, 0.15) is 16.1 Å². The minimum absolute atomic E-state index is 0.00898. The first-order valence-electron chi connectivity index (χ1n) is 7.81. The highest BCUT2D eigenvalue weighted by atomic mass is 35.5. The number of carbonyl (C=O) groups is 1. The molecule has 1 aromatic carbocycles. The average Bonchev–Trinajstić information content (AvgIpc) is 2.63. The number of rotatable bonds is 3. The Morgan fingerprint density at radius 3 is 2.62 bits per heavy atom. The van der Waals surface area contributed by atoms with E-state index in [1.165, 1.54) is 12.3 Å². The number of nitrogens with zero attached hydrogens (tertiary/aromatic N) is 2. The molecule has 1 aromatic heterocycles. The molecule has 1 saturated heterocycles. The lowest BCUT2D eigenvalue weighted by Crippen LogP contribution is -2.36. The molecule has 3 rings (SSSR count). The zero-order valence-corrected chi connectivity index (χ0v) is 14.3. The molecule has 0 radical (unpaired) electrons. The van der Waals surface area contributed by atoms with Gasteiger partial charge in [0.1, 0.15) is 5.69 Å². The van der Waals surface area contributed by atoms with Gasteiger partial charge in [-0.25, -0.2) is 0 Å². The van der Waals surface area contributed by atoms with Crippen molar-refractivity contribution in [1.29, 1.82) is 0 Å². The number of benzene rings is 1. The molecule has 2 heterocycles. The van der Waals surface area contributed by atoms with Crippen molar-refractivity contribution in [2.24, 2.45) is 0 Å². The monoisotopic (exact) mass is 385 g/mol. The number of halogens is 4. The van der Waals surface area contributed by atoms with Gasteiger partial charge in [0.2, 0.25) is 0 Å². The normalized spacial score (nSPS) is 15.0. The summed E-state index contributed by atoms with van der Waals surface area (Å²) in [5.41, 5.74) is -0.102. The minimum Gasteiger partial charge on any atom is -0.378 e. The number of aromatic nitrogens is 1. The largest absolute Gasteiger partial charge is 0.417 e. The number of alkyl halides is 3. The molecule has 138 valence electrons. The van der Waals surface area contributed by atoms with Crippen molar-refractivity contribution in [1.82, 2.24) is 4.98 Å².